The Labute approximate surface area is 213 Å². The number of amides is 2. The molecule has 0 aliphatic carbocycles. The SMILES string of the molecule is C=CCN(CC=C)S(=O)(=O)c1ccc(C(=O)Nc2sc3c(c2C(=O)OC)CCN(C(=O)OC)C3)cc1. The lowest BCUT2D eigenvalue weighted by molar-refractivity contribution is 0.0600. The molecule has 1 aromatic carbocycles. The van der Waals surface area contributed by atoms with Gasteiger partial charge in [-0.25, -0.2) is 18.0 Å². The van der Waals surface area contributed by atoms with Gasteiger partial charge in [-0.1, -0.05) is 12.2 Å². The molecule has 0 atom stereocenters. The summed E-state index contributed by atoms with van der Waals surface area (Å²) in [6, 6.07) is 5.48. The van der Waals surface area contributed by atoms with E-state index in [2.05, 4.69) is 18.5 Å². The summed E-state index contributed by atoms with van der Waals surface area (Å²) in [5, 5.41) is 3.03. The number of carbonyl (C=O) groups excluding carboxylic acids is 3. The van der Waals surface area contributed by atoms with Crippen molar-refractivity contribution >= 4 is 44.3 Å². The molecule has 2 aromatic rings. The van der Waals surface area contributed by atoms with E-state index in [0.29, 0.717) is 23.5 Å². The van der Waals surface area contributed by atoms with Crippen molar-refractivity contribution in [3.05, 3.63) is 71.1 Å². The van der Waals surface area contributed by atoms with E-state index in [1.54, 1.807) is 0 Å². The lowest BCUT2D eigenvalue weighted by Gasteiger charge is -2.25. The highest BCUT2D eigenvalue weighted by molar-refractivity contribution is 7.89. The minimum atomic E-state index is -3.81. The zero-order valence-corrected chi connectivity index (χ0v) is 21.6. The fourth-order valence-corrected chi connectivity index (χ4v) is 6.38. The van der Waals surface area contributed by atoms with E-state index in [9.17, 15) is 22.8 Å². The average Bonchev–Trinajstić information content (AvgIpc) is 3.24. The molecule has 2 amide bonds. The zero-order chi connectivity index (χ0) is 26.5. The number of carbonyl (C=O) groups is 3. The quantitative estimate of drug-likeness (QED) is 0.388. The second-order valence-electron chi connectivity index (χ2n) is 7.72. The van der Waals surface area contributed by atoms with Crippen LogP contribution in [-0.2, 0) is 32.5 Å². The second-order valence-corrected chi connectivity index (χ2v) is 10.8. The summed E-state index contributed by atoms with van der Waals surface area (Å²) >= 11 is 1.18. The van der Waals surface area contributed by atoms with Crippen LogP contribution in [0.2, 0.25) is 0 Å². The van der Waals surface area contributed by atoms with Crippen molar-refractivity contribution in [1.82, 2.24) is 9.21 Å². The average molecular weight is 534 g/mol. The van der Waals surface area contributed by atoms with Gasteiger partial charge in [0.2, 0.25) is 10.0 Å². The maximum atomic E-state index is 13.0. The van der Waals surface area contributed by atoms with Gasteiger partial charge in [0.1, 0.15) is 5.00 Å². The smallest absolute Gasteiger partial charge is 0.409 e. The van der Waals surface area contributed by atoms with Gasteiger partial charge in [-0.3, -0.25) is 4.79 Å². The largest absolute Gasteiger partial charge is 0.465 e. The van der Waals surface area contributed by atoms with Gasteiger partial charge in [-0.2, -0.15) is 4.31 Å². The number of esters is 1. The van der Waals surface area contributed by atoms with E-state index < -0.39 is 28.0 Å². The Morgan fingerprint density at radius 2 is 1.75 bits per heavy atom. The van der Waals surface area contributed by atoms with Crippen LogP contribution in [0, 0.1) is 0 Å². The van der Waals surface area contributed by atoms with Crippen molar-refractivity contribution in [3.8, 4) is 0 Å². The highest BCUT2D eigenvalue weighted by Gasteiger charge is 2.31. The molecule has 0 fully saturated rings. The number of methoxy groups -OCH3 is 2. The standard InChI is InChI=1S/C24H27N3O7S2/c1-5-12-27(13-6-2)36(31,32)17-9-7-16(8-10-17)21(28)25-22-20(23(29)33-3)18-11-14-26(24(30)34-4)15-19(18)35-22/h5-10H,1-2,11-15H2,3-4H3,(H,25,28). The zero-order valence-electron chi connectivity index (χ0n) is 20.0. The Morgan fingerprint density at radius 1 is 1.11 bits per heavy atom. The van der Waals surface area contributed by atoms with Crippen molar-refractivity contribution in [1.29, 1.82) is 0 Å². The van der Waals surface area contributed by atoms with Crippen LogP contribution in [0.4, 0.5) is 9.80 Å². The van der Waals surface area contributed by atoms with Crippen molar-refractivity contribution < 1.29 is 32.3 Å². The first-order valence-electron chi connectivity index (χ1n) is 10.9. The molecule has 36 heavy (non-hydrogen) atoms. The van der Waals surface area contributed by atoms with Gasteiger partial charge in [-0.15, -0.1) is 24.5 Å². The van der Waals surface area contributed by atoms with E-state index in [1.807, 2.05) is 0 Å². The molecule has 12 heteroatoms. The number of ether oxygens (including phenoxy) is 2. The van der Waals surface area contributed by atoms with Crippen LogP contribution in [0.1, 0.15) is 31.2 Å². The second kappa shape index (κ2) is 11.5. The number of anilines is 1. The number of rotatable bonds is 9. The first-order valence-corrected chi connectivity index (χ1v) is 13.1. The van der Waals surface area contributed by atoms with Crippen LogP contribution < -0.4 is 5.32 Å². The van der Waals surface area contributed by atoms with Gasteiger partial charge >= 0.3 is 12.1 Å². The number of sulfonamides is 1. The molecule has 1 aromatic heterocycles. The van der Waals surface area contributed by atoms with Crippen LogP contribution in [0.15, 0.2) is 54.5 Å². The topological polar surface area (TPSA) is 122 Å². The maximum Gasteiger partial charge on any atom is 0.409 e. The molecule has 1 aliphatic rings. The summed E-state index contributed by atoms with van der Waals surface area (Å²) in [6.45, 7) is 8.00. The molecular formula is C24H27N3O7S2. The highest BCUT2D eigenvalue weighted by atomic mass is 32.2. The Balaban J connectivity index is 1.86. The number of nitrogens with zero attached hydrogens (tertiary/aromatic N) is 2. The number of hydrogen-bond acceptors (Lipinski definition) is 8. The lowest BCUT2D eigenvalue weighted by Crippen LogP contribution is -2.35. The summed E-state index contributed by atoms with van der Waals surface area (Å²) in [7, 11) is -1.26. The van der Waals surface area contributed by atoms with E-state index in [1.165, 1.54) is 71.2 Å². The Bertz CT molecular complexity index is 1270. The summed E-state index contributed by atoms with van der Waals surface area (Å²) in [4.78, 5) is 39.7. The Hall–Kier alpha value is -3.48. The molecule has 3 rings (SSSR count). The number of fused-ring (bicyclic) bond motifs is 1. The normalized spacial score (nSPS) is 13.0. The van der Waals surface area contributed by atoms with Gasteiger partial charge in [0.05, 0.1) is 31.2 Å². The molecular weight excluding hydrogens is 506 g/mol. The minimum absolute atomic E-state index is 0.0208. The lowest BCUT2D eigenvalue weighted by atomic mass is 10.0. The minimum Gasteiger partial charge on any atom is -0.465 e. The van der Waals surface area contributed by atoms with Crippen LogP contribution >= 0.6 is 11.3 Å². The molecule has 0 unspecified atom stereocenters. The Morgan fingerprint density at radius 3 is 2.31 bits per heavy atom. The molecule has 10 nitrogen and oxygen atoms in total. The third-order valence-corrected chi connectivity index (χ3v) is 8.50. The highest BCUT2D eigenvalue weighted by Crippen LogP contribution is 2.38. The van der Waals surface area contributed by atoms with Gasteiger partial charge < -0.3 is 19.7 Å². The molecule has 1 N–H and O–H groups in total. The molecule has 0 saturated heterocycles. The van der Waals surface area contributed by atoms with E-state index in [4.69, 9.17) is 9.47 Å². The molecule has 0 bridgehead atoms. The van der Waals surface area contributed by atoms with E-state index >= 15 is 0 Å². The molecule has 0 radical (unpaired) electrons. The fraction of sp³-hybridized carbons (Fsp3) is 0.292. The predicted octanol–water partition coefficient (Wildman–Crippen LogP) is 3.27. The van der Waals surface area contributed by atoms with Crippen LogP contribution in [0.3, 0.4) is 0 Å². The predicted molar refractivity (Wildman–Crippen MR) is 136 cm³/mol. The number of hydrogen-bond donors (Lipinski definition) is 1. The van der Waals surface area contributed by atoms with Crippen molar-refractivity contribution in [2.75, 3.05) is 39.2 Å². The van der Waals surface area contributed by atoms with Gasteiger partial charge in [-0.05, 0) is 36.2 Å². The first-order chi connectivity index (χ1) is 17.2. The molecule has 192 valence electrons. The van der Waals surface area contributed by atoms with E-state index in [0.717, 1.165) is 4.88 Å². The maximum absolute atomic E-state index is 13.0. The summed E-state index contributed by atoms with van der Waals surface area (Å²) in [5.41, 5.74) is 1.17. The number of benzene rings is 1. The van der Waals surface area contributed by atoms with Crippen LogP contribution in [0.25, 0.3) is 0 Å². The summed E-state index contributed by atoms with van der Waals surface area (Å²) in [6.07, 6.45) is 2.88. The number of nitrogens with one attached hydrogen (secondary N) is 1. The van der Waals surface area contributed by atoms with Gasteiger partial charge in [0.25, 0.3) is 5.91 Å². The van der Waals surface area contributed by atoms with Crippen molar-refractivity contribution in [3.63, 3.8) is 0 Å². The molecule has 1 aliphatic heterocycles. The summed E-state index contributed by atoms with van der Waals surface area (Å²) in [5.74, 6) is -1.12. The summed E-state index contributed by atoms with van der Waals surface area (Å²) < 4.78 is 36.7. The van der Waals surface area contributed by atoms with Gasteiger partial charge in [0, 0.05) is 30.1 Å². The third kappa shape index (κ3) is 5.50. The monoisotopic (exact) mass is 533 g/mol. The first kappa shape index (κ1) is 27.1. The molecule has 2 heterocycles. The number of thiophene rings is 1. The van der Waals surface area contributed by atoms with Crippen molar-refractivity contribution in [2.45, 2.75) is 17.9 Å². The molecule has 0 spiro atoms. The fourth-order valence-electron chi connectivity index (χ4n) is 3.76. The van der Waals surface area contributed by atoms with Crippen LogP contribution in [-0.4, -0.2) is 69.4 Å². The van der Waals surface area contributed by atoms with Gasteiger partial charge in [0.15, 0.2) is 0 Å². The van der Waals surface area contributed by atoms with E-state index in [-0.39, 0.29) is 35.7 Å². The third-order valence-electron chi connectivity index (χ3n) is 5.53. The van der Waals surface area contributed by atoms with Crippen molar-refractivity contribution in [2.24, 2.45) is 0 Å². The Kier molecular flexibility index (Phi) is 8.66. The van der Waals surface area contributed by atoms with Crippen LogP contribution in [0.5, 0.6) is 0 Å². The molecule has 0 saturated carbocycles.